The number of para-hydroxylation sites is 1. The average molecular weight is 443 g/mol. The number of esters is 2. The third-order valence-corrected chi connectivity index (χ3v) is 4.56. The summed E-state index contributed by atoms with van der Waals surface area (Å²) in [6, 6.07) is 7.49. The lowest BCUT2D eigenvalue weighted by atomic mass is 10.1. The minimum Gasteiger partial charge on any atom is -0.469 e. The van der Waals surface area contributed by atoms with Crippen molar-refractivity contribution in [2.24, 2.45) is 0 Å². The minimum atomic E-state index is -0.309. The lowest BCUT2D eigenvalue weighted by Gasteiger charge is -2.09. The van der Waals surface area contributed by atoms with Gasteiger partial charge in [0.15, 0.2) is 0 Å². The molecule has 2 rings (SSSR count). The van der Waals surface area contributed by atoms with Crippen molar-refractivity contribution < 1.29 is 19.1 Å². The average Bonchev–Trinajstić information content (AvgIpc) is 2.96. The summed E-state index contributed by atoms with van der Waals surface area (Å²) in [5, 5.41) is 8.38. The number of halogens is 1. The molecule has 1 aromatic carbocycles. The van der Waals surface area contributed by atoms with Crippen molar-refractivity contribution in [2.75, 3.05) is 14.2 Å². The second-order valence-electron chi connectivity index (χ2n) is 5.05. The number of carbonyl (C=O) groups is 2. The third kappa shape index (κ3) is 4.53. The Morgan fingerprint density at radius 2 is 1.88 bits per heavy atom. The van der Waals surface area contributed by atoms with Crippen LogP contribution in [-0.4, -0.2) is 41.2 Å². The predicted octanol–water partition coefficient (Wildman–Crippen LogP) is 2.08. The van der Waals surface area contributed by atoms with Crippen LogP contribution in [0.2, 0.25) is 0 Å². The van der Waals surface area contributed by atoms with Crippen LogP contribution in [0.3, 0.4) is 0 Å². The maximum Gasteiger partial charge on any atom is 0.310 e. The van der Waals surface area contributed by atoms with Crippen molar-refractivity contribution in [3.63, 3.8) is 0 Å². The molecule has 0 N–H and O–H groups in total. The van der Waals surface area contributed by atoms with Crippen molar-refractivity contribution in [2.45, 2.75) is 25.7 Å². The van der Waals surface area contributed by atoms with Crippen LogP contribution in [-0.2, 0) is 31.9 Å². The number of nitrogens with zero attached hydrogens (tertiary/aromatic N) is 3. The summed E-state index contributed by atoms with van der Waals surface area (Å²) in [5.74, 6) is -0.545. The number of ether oxygens (including phenoxy) is 2. The van der Waals surface area contributed by atoms with E-state index in [1.807, 2.05) is 24.3 Å². The van der Waals surface area contributed by atoms with Crippen LogP contribution in [0, 0.1) is 3.70 Å². The largest absolute Gasteiger partial charge is 0.469 e. The molecule has 8 heteroatoms. The van der Waals surface area contributed by atoms with Gasteiger partial charge >= 0.3 is 11.9 Å². The van der Waals surface area contributed by atoms with Crippen LogP contribution in [0.4, 0.5) is 0 Å². The van der Waals surface area contributed by atoms with Gasteiger partial charge < -0.3 is 9.47 Å². The van der Waals surface area contributed by atoms with Gasteiger partial charge in [-0.25, -0.2) is 4.68 Å². The van der Waals surface area contributed by atoms with Crippen molar-refractivity contribution in [1.82, 2.24) is 15.0 Å². The Labute approximate surface area is 153 Å². The molecule has 128 valence electrons. The molecule has 7 nitrogen and oxygen atoms in total. The monoisotopic (exact) mass is 443 g/mol. The van der Waals surface area contributed by atoms with E-state index in [1.54, 1.807) is 4.68 Å². The lowest BCUT2D eigenvalue weighted by Crippen LogP contribution is -2.10. The van der Waals surface area contributed by atoms with Crippen molar-refractivity contribution >= 4 is 34.5 Å². The molecule has 24 heavy (non-hydrogen) atoms. The molecular formula is C16H18IN3O4. The fourth-order valence-corrected chi connectivity index (χ4v) is 2.94. The molecule has 2 aromatic rings. The molecule has 1 heterocycles. The third-order valence-electron chi connectivity index (χ3n) is 3.48. The van der Waals surface area contributed by atoms with Crippen molar-refractivity contribution in [1.29, 1.82) is 0 Å². The van der Waals surface area contributed by atoms with Gasteiger partial charge in [0.05, 0.1) is 32.0 Å². The van der Waals surface area contributed by atoms with Gasteiger partial charge in [-0.3, -0.25) is 9.59 Å². The summed E-state index contributed by atoms with van der Waals surface area (Å²) in [5.41, 5.74) is 2.42. The molecule has 0 unspecified atom stereocenters. The van der Waals surface area contributed by atoms with Gasteiger partial charge in [-0.05, 0) is 47.1 Å². The van der Waals surface area contributed by atoms with Crippen LogP contribution in [0.5, 0.6) is 0 Å². The SMILES string of the molecule is COC(=O)CCCc1nnn(-c2ccccc2CC(=O)OC)c1I. The predicted molar refractivity (Wildman–Crippen MR) is 94.8 cm³/mol. The maximum atomic E-state index is 11.6. The Kier molecular flexibility index (Phi) is 6.71. The number of hydrogen-bond acceptors (Lipinski definition) is 6. The summed E-state index contributed by atoms with van der Waals surface area (Å²) in [4.78, 5) is 22.8. The molecule has 0 aliphatic heterocycles. The van der Waals surface area contributed by atoms with E-state index >= 15 is 0 Å². The molecular weight excluding hydrogens is 425 g/mol. The topological polar surface area (TPSA) is 83.3 Å². The molecule has 0 fully saturated rings. The summed E-state index contributed by atoms with van der Waals surface area (Å²) >= 11 is 2.17. The smallest absolute Gasteiger partial charge is 0.310 e. The van der Waals surface area contributed by atoms with Gasteiger partial charge in [0.25, 0.3) is 0 Å². The Morgan fingerprint density at radius 3 is 2.58 bits per heavy atom. The molecule has 0 aliphatic carbocycles. The van der Waals surface area contributed by atoms with Gasteiger partial charge in [-0.1, -0.05) is 23.4 Å². The zero-order chi connectivity index (χ0) is 17.5. The molecule has 0 saturated carbocycles. The molecule has 1 aromatic heterocycles. The molecule has 0 amide bonds. The van der Waals surface area contributed by atoms with Gasteiger partial charge in [0.1, 0.15) is 3.70 Å². The van der Waals surface area contributed by atoms with E-state index in [0.29, 0.717) is 19.3 Å². The second kappa shape index (κ2) is 8.76. The van der Waals surface area contributed by atoms with Crippen LogP contribution >= 0.6 is 22.6 Å². The zero-order valence-electron chi connectivity index (χ0n) is 13.5. The number of aryl methyl sites for hydroxylation is 1. The number of benzene rings is 1. The van der Waals surface area contributed by atoms with Gasteiger partial charge in [-0.2, -0.15) is 0 Å². The summed E-state index contributed by atoms with van der Waals surface area (Å²) in [6.45, 7) is 0. The lowest BCUT2D eigenvalue weighted by molar-refractivity contribution is -0.141. The summed E-state index contributed by atoms with van der Waals surface area (Å²) < 4.78 is 11.9. The van der Waals surface area contributed by atoms with E-state index in [0.717, 1.165) is 20.6 Å². The van der Waals surface area contributed by atoms with E-state index < -0.39 is 0 Å². The van der Waals surface area contributed by atoms with Gasteiger partial charge in [0, 0.05) is 6.42 Å². The molecule has 0 atom stereocenters. The van der Waals surface area contributed by atoms with E-state index in [1.165, 1.54) is 14.2 Å². The van der Waals surface area contributed by atoms with Crippen molar-refractivity contribution in [3.05, 3.63) is 39.2 Å². The molecule has 0 aliphatic rings. The summed E-state index contributed by atoms with van der Waals surface area (Å²) in [6.07, 6.45) is 1.79. The maximum absolute atomic E-state index is 11.6. The van der Waals surface area contributed by atoms with E-state index in [9.17, 15) is 9.59 Å². The molecule has 0 bridgehead atoms. The highest BCUT2D eigenvalue weighted by Crippen LogP contribution is 2.20. The quantitative estimate of drug-likeness (QED) is 0.482. The van der Waals surface area contributed by atoms with Crippen LogP contribution in [0.15, 0.2) is 24.3 Å². The standard InChI is InChI=1S/C16H18IN3O4/c1-23-14(21)9-5-7-12-16(17)20(19-18-12)13-8-4-3-6-11(13)10-15(22)24-2/h3-4,6,8H,5,7,9-10H2,1-2H3. The number of carbonyl (C=O) groups excluding carboxylic acids is 2. The summed E-state index contributed by atoms with van der Waals surface area (Å²) in [7, 11) is 2.74. The highest BCUT2D eigenvalue weighted by Gasteiger charge is 2.16. The van der Waals surface area contributed by atoms with Crippen molar-refractivity contribution in [3.8, 4) is 5.69 Å². The first-order valence-corrected chi connectivity index (χ1v) is 8.46. The first kappa shape index (κ1) is 18.4. The second-order valence-corrected chi connectivity index (χ2v) is 6.07. The Morgan fingerprint density at radius 1 is 1.17 bits per heavy atom. The Balaban J connectivity index is 2.19. The molecule has 0 spiro atoms. The first-order valence-electron chi connectivity index (χ1n) is 7.38. The minimum absolute atomic E-state index is 0.167. The number of hydrogen-bond donors (Lipinski definition) is 0. The molecule has 0 saturated heterocycles. The highest BCUT2D eigenvalue weighted by atomic mass is 127. The molecule has 0 radical (unpaired) electrons. The highest BCUT2D eigenvalue weighted by molar-refractivity contribution is 14.1. The fourth-order valence-electron chi connectivity index (χ4n) is 2.21. The van der Waals surface area contributed by atoms with Gasteiger partial charge in [0.2, 0.25) is 0 Å². The first-order chi connectivity index (χ1) is 11.6. The Hall–Kier alpha value is -1.97. The van der Waals surface area contributed by atoms with Crippen LogP contribution in [0.1, 0.15) is 24.1 Å². The van der Waals surface area contributed by atoms with E-state index in [4.69, 9.17) is 4.74 Å². The Bertz CT molecular complexity index is 730. The fraction of sp³-hybridized carbons (Fsp3) is 0.375. The van der Waals surface area contributed by atoms with Gasteiger partial charge in [-0.15, -0.1) is 5.10 Å². The van der Waals surface area contributed by atoms with E-state index in [2.05, 4.69) is 37.6 Å². The number of aromatic nitrogens is 3. The zero-order valence-corrected chi connectivity index (χ0v) is 15.6. The van der Waals surface area contributed by atoms with E-state index in [-0.39, 0.29) is 18.4 Å². The van der Waals surface area contributed by atoms with Crippen LogP contribution in [0.25, 0.3) is 5.69 Å². The van der Waals surface area contributed by atoms with Crippen LogP contribution < -0.4 is 0 Å². The number of methoxy groups -OCH3 is 2. The number of rotatable bonds is 7. The normalized spacial score (nSPS) is 10.5.